The summed E-state index contributed by atoms with van der Waals surface area (Å²) >= 11 is 0. The fourth-order valence-electron chi connectivity index (χ4n) is 3.48. The van der Waals surface area contributed by atoms with Gasteiger partial charge in [0.05, 0.1) is 0 Å². The molecule has 1 heterocycles. The quantitative estimate of drug-likeness (QED) is 0.848. The maximum absolute atomic E-state index is 12.7. The molecule has 4 heteroatoms. The fourth-order valence-corrected chi connectivity index (χ4v) is 3.48. The van der Waals surface area contributed by atoms with E-state index in [1.165, 1.54) is 26.2 Å². The summed E-state index contributed by atoms with van der Waals surface area (Å²) in [7, 11) is 0. The number of nitrogens with zero attached hydrogens (tertiary/aromatic N) is 1. The molecule has 2 amide bonds. The molecule has 1 aliphatic carbocycles. The summed E-state index contributed by atoms with van der Waals surface area (Å²) in [4.78, 5) is 26.0. The summed E-state index contributed by atoms with van der Waals surface area (Å²) in [5.41, 5.74) is 0. The Kier molecular flexibility index (Phi) is 4.83. The van der Waals surface area contributed by atoms with E-state index >= 15 is 0 Å². The molecule has 2 fully saturated rings. The van der Waals surface area contributed by atoms with Crippen molar-refractivity contribution in [2.24, 2.45) is 11.8 Å². The molecule has 0 aromatic carbocycles. The Hall–Kier alpha value is -1.06. The van der Waals surface area contributed by atoms with Crippen LogP contribution in [0.1, 0.15) is 52.4 Å². The topological polar surface area (TPSA) is 49.4 Å². The largest absolute Gasteiger partial charge is 0.344 e. The highest BCUT2D eigenvalue weighted by Crippen LogP contribution is 2.29. The predicted molar refractivity (Wildman–Crippen MR) is 74.5 cm³/mol. The normalized spacial score (nSPS) is 26.2. The average molecular weight is 266 g/mol. The van der Waals surface area contributed by atoms with Gasteiger partial charge in [0, 0.05) is 20.0 Å². The first-order valence-electron chi connectivity index (χ1n) is 7.64. The molecule has 2 unspecified atom stereocenters. The van der Waals surface area contributed by atoms with Crippen LogP contribution in [0.4, 0.5) is 0 Å². The number of amides is 2. The minimum absolute atomic E-state index is 0.0877. The first kappa shape index (κ1) is 14.4. The molecular formula is C15H26N2O2. The number of carbonyl (C=O) groups excluding carboxylic acids is 2. The molecule has 1 N–H and O–H groups in total. The van der Waals surface area contributed by atoms with Crippen LogP contribution in [-0.4, -0.2) is 35.8 Å². The van der Waals surface area contributed by atoms with Crippen molar-refractivity contribution in [2.75, 3.05) is 13.1 Å². The summed E-state index contributed by atoms with van der Waals surface area (Å²) in [5, 5.41) is 2.90. The molecule has 0 bridgehead atoms. The smallest absolute Gasteiger partial charge is 0.245 e. The highest BCUT2D eigenvalue weighted by molar-refractivity contribution is 5.87. The van der Waals surface area contributed by atoms with E-state index < -0.39 is 0 Å². The maximum Gasteiger partial charge on any atom is 0.245 e. The second-order valence-corrected chi connectivity index (χ2v) is 6.25. The molecule has 19 heavy (non-hydrogen) atoms. The standard InChI is InChI=1S/C15H26N2O2/c1-11-6-5-9-17(10-11)15(19)14(16-12(2)18)13-7-3-4-8-13/h11,13-14H,3-10H2,1-2H3,(H,16,18). The first-order chi connectivity index (χ1) is 9.08. The van der Waals surface area contributed by atoms with E-state index in [9.17, 15) is 9.59 Å². The lowest BCUT2D eigenvalue weighted by atomic mass is 9.94. The van der Waals surface area contributed by atoms with Crippen LogP contribution < -0.4 is 5.32 Å². The van der Waals surface area contributed by atoms with Gasteiger partial charge in [-0.15, -0.1) is 0 Å². The van der Waals surface area contributed by atoms with Gasteiger partial charge in [0.15, 0.2) is 0 Å². The molecule has 0 spiro atoms. The summed E-state index contributed by atoms with van der Waals surface area (Å²) in [6.45, 7) is 5.41. The van der Waals surface area contributed by atoms with Crippen LogP contribution >= 0.6 is 0 Å². The maximum atomic E-state index is 12.7. The lowest BCUT2D eigenvalue weighted by molar-refractivity contribution is -0.139. The lowest BCUT2D eigenvalue weighted by Gasteiger charge is -2.35. The molecular weight excluding hydrogens is 240 g/mol. The second-order valence-electron chi connectivity index (χ2n) is 6.25. The number of piperidine rings is 1. The molecule has 1 aliphatic heterocycles. The molecule has 0 aromatic heterocycles. The minimum atomic E-state index is -0.287. The van der Waals surface area contributed by atoms with Crippen molar-refractivity contribution in [1.29, 1.82) is 0 Å². The van der Waals surface area contributed by atoms with Gasteiger partial charge in [-0.25, -0.2) is 0 Å². The molecule has 108 valence electrons. The van der Waals surface area contributed by atoms with Crippen molar-refractivity contribution >= 4 is 11.8 Å². The number of rotatable bonds is 3. The summed E-state index contributed by atoms with van der Waals surface area (Å²) in [5.74, 6) is 0.983. The van der Waals surface area contributed by atoms with Crippen molar-refractivity contribution in [3.05, 3.63) is 0 Å². The van der Waals surface area contributed by atoms with Crippen LogP contribution in [0.15, 0.2) is 0 Å². The average Bonchev–Trinajstić information content (AvgIpc) is 2.88. The van der Waals surface area contributed by atoms with Crippen molar-refractivity contribution in [1.82, 2.24) is 10.2 Å². The van der Waals surface area contributed by atoms with Crippen LogP contribution in [0, 0.1) is 11.8 Å². The Morgan fingerprint density at radius 1 is 1.16 bits per heavy atom. The fraction of sp³-hybridized carbons (Fsp3) is 0.867. The molecule has 1 saturated heterocycles. The number of nitrogens with one attached hydrogen (secondary N) is 1. The van der Waals surface area contributed by atoms with E-state index in [0.29, 0.717) is 11.8 Å². The molecule has 0 radical (unpaired) electrons. The van der Waals surface area contributed by atoms with Crippen LogP contribution in [0.3, 0.4) is 0 Å². The Labute approximate surface area is 115 Å². The summed E-state index contributed by atoms with van der Waals surface area (Å²) in [6.07, 6.45) is 6.80. The van der Waals surface area contributed by atoms with Crippen LogP contribution in [0.2, 0.25) is 0 Å². The van der Waals surface area contributed by atoms with Gasteiger partial charge in [0.25, 0.3) is 0 Å². The number of hydrogen-bond donors (Lipinski definition) is 1. The molecule has 4 nitrogen and oxygen atoms in total. The number of hydrogen-bond acceptors (Lipinski definition) is 2. The van der Waals surface area contributed by atoms with Gasteiger partial charge in [0.2, 0.25) is 11.8 Å². The van der Waals surface area contributed by atoms with Gasteiger partial charge >= 0.3 is 0 Å². The van der Waals surface area contributed by atoms with E-state index in [-0.39, 0.29) is 17.9 Å². The molecule has 0 aromatic rings. The van der Waals surface area contributed by atoms with E-state index in [1.54, 1.807) is 0 Å². The Bertz CT molecular complexity index is 337. The molecule has 2 aliphatic rings. The Balaban J connectivity index is 2.03. The van der Waals surface area contributed by atoms with E-state index in [2.05, 4.69) is 12.2 Å². The van der Waals surface area contributed by atoms with Crippen LogP contribution in [-0.2, 0) is 9.59 Å². The zero-order valence-electron chi connectivity index (χ0n) is 12.2. The van der Waals surface area contributed by atoms with Crippen molar-refractivity contribution in [3.63, 3.8) is 0 Å². The molecule has 2 rings (SSSR count). The monoisotopic (exact) mass is 266 g/mol. The van der Waals surface area contributed by atoms with Gasteiger partial charge in [-0.1, -0.05) is 19.8 Å². The Morgan fingerprint density at radius 3 is 2.42 bits per heavy atom. The van der Waals surface area contributed by atoms with Crippen molar-refractivity contribution < 1.29 is 9.59 Å². The zero-order chi connectivity index (χ0) is 13.8. The predicted octanol–water partition coefficient (Wildman–Crippen LogP) is 1.94. The van der Waals surface area contributed by atoms with Crippen molar-refractivity contribution in [2.45, 2.75) is 58.4 Å². The van der Waals surface area contributed by atoms with Gasteiger partial charge in [-0.3, -0.25) is 9.59 Å². The van der Waals surface area contributed by atoms with Gasteiger partial charge in [-0.2, -0.15) is 0 Å². The van der Waals surface area contributed by atoms with Gasteiger partial charge < -0.3 is 10.2 Å². The highest BCUT2D eigenvalue weighted by Gasteiger charge is 2.35. The molecule has 1 saturated carbocycles. The third-order valence-corrected chi connectivity index (χ3v) is 4.46. The van der Waals surface area contributed by atoms with Crippen molar-refractivity contribution in [3.8, 4) is 0 Å². The SMILES string of the molecule is CC(=O)NC(C(=O)N1CCCC(C)C1)C1CCCC1. The van der Waals surface area contributed by atoms with Gasteiger partial charge in [0.1, 0.15) is 6.04 Å². The summed E-state index contributed by atoms with van der Waals surface area (Å²) < 4.78 is 0. The zero-order valence-corrected chi connectivity index (χ0v) is 12.2. The van der Waals surface area contributed by atoms with E-state index in [0.717, 1.165) is 32.4 Å². The Morgan fingerprint density at radius 2 is 1.84 bits per heavy atom. The van der Waals surface area contributed by atoms with Gasteiger partial charge in [-0.05, 0) is 37.5 Å². The number of likely N-dealkylation sites (tertiary alicyclic amines) is 1. The minimum Gasteiger partial charge on any atom is -0.344 e. The molecule has 2 atom stereocenters. The van der Waals surface area contributed by atoms with E-state index in [1.807, 2.05) is 4.90 Å². The third-order valence-electron chi connectivity index (χ3n) is 4.46. The highest BCUT2D eigenvalue weighted by atomic mass is 16.2. The summed E-state index contributed by atoms with van der Waals surface area (Å²) in [6, 6.07) is -0.287. The second kappa shape index (κ2) is 6.40. The van der Waals surface area contributed by atoms with Crippen LogP contribution in [0.5, 0.6) is 0 Å². The van der Waals surface area contributed by atoms with Crippen LogP contribution in [0.25, 0.3) is 0 Å². The first-order valence-corrected chi connectivity index (χ1v) is 7.64. The lowest BCUT2D eigenvalue weighted by Crippen LogP contribution is -2.53. The third kappa shape index (κ3) is 3.71. The van der Waals surface area contributed by atoms with E-state index in [4.69, 9.17) is 0 Å². The number of carbonyl (C=O) groups is 2.